The number of hydrogen-bond acceptors (Lipinski definition) is 3. The van der Waals surface area contributed by atoms with Crippen LogP contribution in [0.1, 0.15) is 12.5 Å². The zero-order valence-electron chi connectivity index (χ0n) is 11.3. The highest BCUT2D eigenvalue weighted by Crippen LogP contribution is 2.18. The Morgan fingerprint density at radius 3 is 2.72 bits per heavy atom. The molecule has 1 atom stereocenters. The quantitative estimate of drug-likeness (QED) is 0.827. The molecule has 2 N–H and O–H groups in total. The Morgan fingerprint density at radius 1 is 1.44 bits per heavy atom. The van der Waals surface area contributed by atoms with Crippen molar-refractivity contribution in [1.82, 2.24) is 4.90 Å². The molecule has 1 rings (SSSR count). The van der Waals surface area contributed by atoms with E-state index in [-0.39, 0.29) is 11.8 Å². The molecule has 0 aliphatic heterocycles. The van der Waals surface area contributed by atoms with Gasteiger partial charge < -0.3 is 15.4 Å². The summed E-state index contributed by atoms with van der Waals surface area (Å²) < 4.78 is 5.28. The first-order valence-electron chi connectivity index (χ1n) is 6.17. The molecular formula is C14H22N2O2. The van der Waals surface area contributed by atoms with Gasteiger partial charge in [-0.2, -0.15) is 0 Å². The van der Waals surface area contributed by atoms with Crippen LogP contribution >= 0.6 is 0 Å². The lowest BCUT2D eigenvalue weighted by Crippen LogP contribution is -2.36. The SMILES string of the molecule is COc1ccccc1CCN(C)C(=O)C(C)CN. The van der Waals surface area contributed by atoms with Crippen LogP contribution in [-0.2, 0) is 11.2 Å². The number of ether oxygens (including phenoxy) is 1. The van der Waals surface area contributed by atoms with E-state index in [1.54, 1.807) is 12.0 Å². The van der Waals surface area contributed by atoms with Crippen LogP contribution in [0, 0.1) is 5.92 Å². The minimum atomic E-state index is -0.118. The molecule has 1 aromatic carbocycles. The second-order valence-electron chi connectivity index (χ2n) is 4.46. The van der Waals surface area contributed by atoms with Gasteiger partial charge >= 0.3 is 0 Å². The lowest BCUT2D eigenvalue weighted by atomic mass is 10.1. The van der Waals surface area contributed by atoms with E-state index in [1.807, 2.05) is 38.2 Å². The first kappa shape index (κ1) is 14.5. The van der Waals surface area contributed by atoms with Crippen molar-refractivity contribution in [2.45, 2.75) is 13.3 Å². The normalized spacial score (nSPS) is 12.0. The standard InChI is InChI=1S/C14H22N2O2/c1-11(10-15)14(17)16(2)9-8-12-6-4-5-7-13(12)18-3/h4-7,11H,8-10,15H2,1-3H3. The van der Waals surface area contributed by atoms with Crippen molar-refractivity contribution in [3.8, 4) is 5.75 Å². The van der Waals surface area contributed by atoms with Gasteiger partial charge in [-0.15, -0.1) is 0 Å². The topological polar surface area (TPSA) is 55.6 Å². The van der Waals surface area contributed by atoms with Crippen LogP contribution in [0.15, 0.2) is 24.3 Å². The van der Waals surface area contributed by atoms with Gasteiger partial charge in [0, 0.05) is 26.1 Å². The smallest absolute Gasteiger partial charge is 0.226 e. The van der Waals surface area contributed by atoms with E-state index in [0.29, 0.717) is 13.1 Å². The predicted octanol–water partition coefficient (Wildman–Crippen LogP) is 1.29. The van der Waals surface area contributed by atoms with E-state index in [2.05, 4.69) is 0 Å². The molecule has 0 bridgehead atoms. The molecular weight excluding hydrogens is 228 g/mol. The van der Waals surface area contributed by atoms with Gasteiger partial charge in [0.15, 0.2) is 0 Å². The van der Waals surface area contributed by atoms with Crippen molar-refractivity contribution < 1.29 is 9.53 Å². The van der Waals surface area contributed by atoms with E-state index >= 15 is 0 Å². The fourth-order valence-corrected chi connectivity index (χ4v) is 1.78. The van der Waals surface area contributed by atoms with E-state index in [4.69, 9.17) is 10.5 Å². The maximum Gasteiger partial charge on any atom is 0.226 e. The first-order chi connectivity index (χ1) is 8.60. The summed E-state index contributed by atoms with van der Waals surface area (Å²) in [5, 5.41) is 0. The van der Waals surface area contributed by atoms with Crippen molar-refractivity contribution in [2.75, 3.05) is 27.2 Å². The molecule has 100 valence electrons. The first-order valence-corrected chi connectivity index (χ1v) is 6.17. The predicted molar refractivity (Wildman–Crippen MR) is 72.6 cm³/mol. The van der Waals surface area contributed by atoms with Crippen molar-refractivity contribution in [1.29, 1.82) is 0 Å². The van der Waals surface area contributed by atoms with Gasteiger partial charge in [-0.25, -0.2) is 0 Å². The second kappa shape index (κ2) is 7.01. The average molecular weight is 250 g/mol. The number of nitrogens with two attached hydrogens (primary N) is 1. The van der Waals surface area contributed by atoms with E-state index < -0.39 is 0 Å². The fourth-order valence-electron chi connectivity index (χ4n) is 1.78. The van der Waals surface area contributed by atoms with Crippen molar-refractivity contribution in [3.05, 3.63) is 29.8 Å². The van der Waals surface area contributed by atoms with Gasteiger partial charge in [-0.3, -0.25) is 4.79 Å². The number of likely N-dealkylation sites (N-methyl/N-ethyl adjacent to an activating group) is 1. The van der Waals surface area contributed by atoms with Crippen molar-refractivity contribution in [2.24, 2.45) is 11.7 Å². The monoisotopic (exact) mass is 250 g/mol. The van der Waals surface area contributed by atoms with Crippen LogP contribution in [0.4, 0.5) is 0 Å². The zero-order chi connectivity index (χ0) is 13.5. The van der Waals surface area contributed by atoms with E-state index in [1.165, 1.54) is 0 Å². The summed E-state index contributed by atoms with van der Waals surface area (Å²) in [6, 6.07) is 7.86. The van der Waals surface area contributed by atoms with Gasteiger partial charge in [-0.05, 0) is 18.1 Å². The van der Waals surface area contributed by atoms with Crippen LogP contribution in [0.25, 0.3) is 0 Å². The molecule has 18 heavy (non-hydrogen) atoms. The maximum atomic E-state index is 11.9. The van der Waals surface area contributed by atoms with Gasteiger partial charge in [0.05, 0.1) is 7.11 Å². The van der Waals surface area contributed by atoms with E-state index in [9.17, 15) is 4.79 Å². The highest BCUT2D eigenvalue weighted by Gasteiger charge is 2.15. The molecule has 4 heteroatoms. The molecule has 1 aromatic rings. The second-order valence-corrected chi connectivity index (χ2v) is 4.46. The van der Waals surface area contributed by atoms with Gasteiger partial charge in [-0.1, -0.05) is 25.1 Å². The highest BCUT2D eigenvalue weighted by molar-refractivity contribution is 5.78. The maximum absolute atomic E-state index is 11.9. The molecule has 0 fully saturated rings. The van der Waals surface area contributed by atoms with E-state index in [0.717, 1.165) is 17.7 Å². The van der Waals surface area contributed by atoms with Gasteiger partial charge in [0.1, 0.15) is 5.75 Å². The summed E-state index contributed by atoms with van der Waals surface area (Å²) in [7, 11) is 3.47. The lowest BCUT2D eigenvalue weighted by molar-refractivity contribution is -0.133. The molecule has 0 saturated heterocycles. The number of rotatable bonds is 6. The Bertz CT molecular complexity index is 393. The lowest BCUT2D eigenvalue weighted by Gasteiger charge is -2.21. The molecule has 0 radical (unpaired) electrons. The summed E-state index contributed by atoms with van der Waals surface area (Å²) in [6.45, 7) is 2.91. The number of para-hydroxylation sites is 1. The highest BCUT2D eigenvalue weighted by atomic mass is 16.5. The Kier molecular flexibility index (Phi) is 5.65. The minimum absolute atomic E-state index is 0.0902. The minimum Gasteiger partial charge on any atom is -0.496 e. The molecule has 1 unspecified atom stereocenters. The van der Waals surface area contributed by atoms with Crippen LogP contribution in [0.3, 0.4) is 0 Å². The largest absolute Gasteiger partial charge is 0.496 e. The van der Waals surface area contributed by atoms with Gasteiger partial charge in [0.25, 0.3) is 0 Å². The Hall–Kier alpha value is -1.55. The molecule has 4 nitrogen and oxygen atoms in total. The van der Waals surface area contributed by atoms with Crippen LogP contribution < -0.4 is 10.5 Å². The van der Waals surface area contributed by atoms with Crippen molar-refractivity contribution in [3.63, 3.8) is 0 Å². The molecule has 0 heterocycles. The fraction of sp³-hybridized carbons (Fsp3) is 0.500. The third-order valence-electron chi connectivity index (χ3n) is 3.06. The van der Waals surface area contributed by atoms with Crippen molar-refractivity contribution >= 4 is 5.91 Å². The Balaban J connectivity index is 2.57. The summed E-state index contributed by atoms with van der Waals surface area (Å²) in [4.78, 5) is 13.6. The van der Waals surface area contributed by atoms with Crippen LogP contribution in [0.5, 0.6) is 5.75 Å². The summed E-state index contributed by atoms with van der Waals surface area (Å²) >= 11 is 0. The molecule has 1 amide bonds. The third kappa shape index (κ3) is 3.74. The molecule has 0 aliphatic rings. The Labute approximate surface area is 109 Å². The Morgan fingerprint density at radius 2 is 2.11 bits per heavy atom. The summed E-state index contributed by atoms with van der Waals surface area (Å²) in [5.74, 6) is 0.838. The number of nitrogens with zero attached hydrogens (tertiary/aromatic N) is 1. The molecule has 0 spiro atoms. The third-order valence-corrected chi connectivity index (χ3v) is 3.06. The summed E-state index contributed by atoms with van der Waals surface area (Å²) in [5.41, 5.74) is 6.61. The average Bonchev–Trinajstić information content (AvgIpc) is 2.43. The zero-order valence-corrected chi connectivity index (χ0v) is 11.3. The van der Waals surface area contributed by atoms with Crippen LogP contribution in [0.2, 0.25) is 0 Å². The number of carbonyl (C=O) groups excluding carboxylic acids is 1. The molecule has 0 aromatic heterocycles. The number of hydrogen-bond donors (Lipinski definition) is 1. The van der Waals surface area contributed by atoms with Crippen LogP contribution in [-0.4, -0.2) is 38.1 Å². The number of benzene rings is 1. The number of methoxy groups -OCH3 is 1. The molecule has 0 saturated carbocycles. The number of carbonyl (C=O) groups is 1. The summed E-state index contributed by atoms with van der Waals surface area (Å²) in [6.07, 6.45) is 0.781. The number of amides is 1. The molecule has 0 aliphatic carbocycles. The van der Waals surface area contributed by atoms with Gasteiger partial charge in [0.2, 0.25) is 5.91 Å².